The van der Waals surface area contributed by atoms with Gasteiger partial charge in [-0.25, -0.2) is 4.98 Å². The second kappa shape index (κ2) is 7.90. The molecule has 0 radical (unpaired) electrons. The minimum atomic E-state index is 0.562. The summed E-state index contributed by atoms with van der Waals surface area (Å²) < 4.78 is 10.5. The van der Waals surface area contributed by atoms with Crippen LogP contribution >= 0.6 is 11.3 Å². The van der Waals surface area contributed by atoms with Crippen LogP contribution in [-0.4, -0.2) is 64.3 Å². The third-order valence-corrected chi connectivity index (χ3v) is 5.79. The van der Waals surface area contributed by atoms with Crippen LogP contribution in [0, 0.1) is 5.92 Å². The van der Waals surface area contributed by atoms with Crippen molar-refractivity contribution in [3.8, 4) is 0 Å². The van der Waals surface area contributed by atoms with Gasteiger partial charge in [0.2, 0.25) is 5.89 Å². The fraction of sp³-hybridized carbons (Fsp3) is 0.706. The maximum absolute atomic E-state index is 5.44. The lowest BCUT2D eigenvalue weighted by molar-refractivity contribution is 0.109. The summed E-state index contributed by atoms with van der Waals surface area (Å²) >= 11 is 1.68. The number of nitrogens with zero attached hydrogens (tertiary/aromatic N) is 5. The van der Waals surface area contributed by atoms with Crippen molar-refractivity contribution in [2.24, 2.45) is 5.92 Å². The molecular formula is C17H25N5O2S. The van der Waals surface area contributed by atoms with E-state index in [-0.39, 0.29) is 0 Å². The Balaban J connectivity index is 1.37. The summed E-state index contributed by atoms with van der Waals surface area (Å²) in [6.45, 7) is 5.72. The highest BCUT2D eigenvalue weighted by atomic mass is 32.1. The highest BCUT2D eigenvalue weighted by molar-refractivity contribution is 7.07. The van der Waals surface area contributed by atoms with Gasteiger partial charge in [0.15, 0.2) is 5.82 Å². The molecule has 0 spiro atoms. The van der Waals surface area contributed by atoms with Crippen molar-refractivity contribution in [2.45, 2.75) is 38.4 Å². The van der Waals surface area contributed by atoms with Gasteiger partial charge in [0.1, 0.15) is 0 Å². The molecule has 2 bridgehead atoms. The summed E-state index contributed by atoms with van der Waals surface area (Å²) in [7, 11) is 1.69. The zero-order chi connectivity index (χ0) is 17.1. The lowest BCUT2D eigenvalue weighted by atomic mass is 9.95. The monoisotopic (exact) mass is 363 g/mol. The minimum Gasteiger partial charge on any atom is -0.384 e. The van der Waals surface area contributed by atoms with Crippen LogP contribution < -0.4 is 0 Å². The molecule has 3 aliphatic heterocycles. The lowest BCUT2D eigenvalue weighted by Gasteiger charge is -2.35. The predicted molar refractivity (Wildman–Crippen MR) is 94.2 cm³/mol. The van der Waals surface area contributed by atoms with Gasteiger partial charge >= 0.3 is 0 Å². The van der Waals surface area contributed by atoms with Gasteiger partial charge in [-0.2, -0.15) is 4.98 Å². The molecule has 136 valence electrons. The minimum absolute atomic E-state index is 0.562. The molecule has 8 heteroatoms. The van der Waals surface area contributed by atoms with E-state index < -0.39 is 0 Å². The van der Waals surface area contributed by atoms with Crippen molar-refractivity contribution in [2.75, 3.05) is 33.4 Å². The number of ether oxygens (including phenoxy) is 1. The zero-order valence-corrected chi connectivity index (χ0v) is 15.5. The van der Waals surface area contributed by atoms with Gasteiger partial charge in [-0.1, -0.05) is 5.16 Å². The van der Waals surface area contributed by atoms with E-state index in [0.29, 0.717) is 25.0 Å². The van der Waals surface area contributed by atoms with Gasteiger partial charge in [-0.15, -0.1) is 11.3 Å². The first-order valence-corrected chi connectivity index (χ1v) is 9.88. The average Bonchev–Trinajstić information content (AvgIpc) is 3.20. The highest BCUT2D eigenvalue weighted by Gasteiger charge is 2.35. The molecule has 0 amide bonds. The molecule has 3 fully saturated rings. The Morgan fingerprint density at radius 1 is 1.28 bits per heavy atom. The first-order valence-electron chi connectivity index (χ1n) is 8.94. The van der Waals surface area contributed by atoms with Crippen LogP contribution in [0.5, 0.6) is 0 Å². The fourth-order valence-electron chi connectivity index (χ4n) is 3.97. The first-order chi connectivity index (χ1) is 12.3. The molecule has 5 rings (SSSR count). The highest BCUT2D eigenvalue weighted by Crippen LogP contribution is 2.29. The van der Waals surface area contributed by atoms with E-state index in [4.69, 9.17) is 9.26 Å². The van der Waals surface area contributed by atoms with E-state index in [2.05, 4.69) is 30.3 Å². The van der Waals surface area contributed by atoms with Crippen molar-refractivity contribution in [3.63, 3.8) is 0 Å². The van der Waals surface area contributed by atoms with Crippen molar-refractivity contribution < 1.29 is 9.26 Å². The normalized spacial score (nSPS) is 24.7. The molecule has 25 heavy (non-hydrogen) atoms. The summed E-state index contributed by atoms with van der Waals surface area (Å²) in [6.07, 6.45) is 3.27. The Labute approximate surface area is 152 Å². The molecule has 0 aliphatic carbocycles. The van der Waals surface area contributed by atoms with Crippen molar-refractivity contribution in [1.29, 1.82) is 0 Å². The van der Waals surface area contributed by atoms with Gasteiger partial charge < -0.3 is 9.26 Å². The van der Waals surface area contributed by atoms with Crippen LogP contribution in [0.2, 0.25) is 0 Å². The zero-order valence-electron chi connectivity index (χ0n) is 14.6. The number of methoxy groups -OCH3 is 1. The Morgan fingerprint density at radius 3 is 3.08 bits per heavy atom. The van der Waals surface area contributed by atoms with Crippen LogP contribution in [0.15, 0.2) is 15.4 Å². The van der Waals surface area contributed by atoms with Gasteiger partial charge in [-0.05, 0) is 18.8 Å². The maximum Gasteiger partial charge on any atom is 0.240 e. The summed E-state index contributed by atoms with van der Waals surface area (Å²) in [5.41, 5.74) is 3.11. The molecule has 5 heterocycles. The number of thiazole rings is 1. The molecule has 2 atom stereocenters. The van der Waals surface area contributed by atoms with Crippen molar-refractivity contribution in [3.05, 3.63) is 28.3 Å². The molecule has 0 aromatic carbocycles. The predicted octanol–water partition coefficient (Wildman–Crippen LogP) is 1.81. The SMILES string of the molecule is COCCc1noc(CN2C[C@H]3CC[C@@H]2CN(Cc2cscn2)C3)n1. The van der Waals surface area contributed by atoms with Gasteiger partial charge in [0.25, 0.3) is 0 Å². The molecule has 3 saturated heterocycles. The second-order valence-electron chi connectivity index (χ2n) is 7.05. The number of fused-ring (bicyclic) bond motifs is 4. The standard InChI is InChI=1S/C17H25N5O2S/c1-23-5-4-16-19-17(24-20-16)10-22-7-13-2-3-15(22)9-21(6-13)8-14-11-25-12-18-14/h11-13,15H,2-10H2,1H3/t13-,15+/m0/s1. The summed E-state index contributed by atoms with van der Waals surface area (Å²) in [6, 6.07) is 0.562. The van der Waals surface area contributed by atoms with E-state index in [1.165, 1.54) is 18.5 Å². The van der Waals surface area contributed by atoms with Gasteiger partial charge in [0.05, 0.1) is 24.4 Å². The third-order valence-electron chi connectivity index (χ3n) is 5.15. The number of hydrogen-bond donors (Lipinski definition) is 0. The Kier molecular flexibility index (Phi) is 5.40. The molecule has 2 aromatic rings. The van der Waals surface area contributed by atoms with Gasteiger partial charge in [0, 0.05) is 51.1 Å². The molecule has 0 N–H and O–H groups in total. The first kappa shape index (κ1) is 17.1. The molecule has 0 unspecified atom stereocenters. The number of piperidine rings is 1. The van der Waals surface area contributed by atoms with E-state index in [0.717, 1.165) is 44.4 Å². The number of hydrogen-bond acceptors (Lipinski definition) is 8. The topological polar surface area (TPSA) is 67.5 Å². The quantitative estimate of drug-likeness (QED) is 0.743. The number of rotatable bonds is 7. The molecular weight excluding hydrogens is 338 g/mol. The van der Waals surface area contributed by atoms with E-state index in [1.54, 1.807) is 18.4 Å². The second-order valence-corrected chi connectivity index (χ2v) is 7.77. The molecule has 0 saturated carbocycles. The third kappa shape index (κ3) is 4.25. The summed E-state index contributed by atoms with van der Waals surface area (Å²) in [4.78, 5) is 14.1. The van der Waals surface area contributed by atoms with E-state index >= 15 is 0 Å². The van der Waals surface area contributed by atoms with Crippen LogP contribution in [0.1, 0.15) is 30.3 Å². The molecule has 7 nitrogen and oxygen atoms in total. The van der Waals surface area contributed by atoms with Crippen LogP contribution in [-0.2, 0) is 24.2 Å². The van der Waals surface area contributed by atoms with Crippen molar-refractivity contribution >= 4 is 11.3 Å². The Morgan fingerprint density at radius 2 is 2.24 bits per heavy atom. The average molecular weight is 363 g/mol. The van der Waals surface area contributed by atoms with Gasteiger partial charge in [-0.3, -0.25) is 9.80 Å². The van der Waals surface area contributed by atoms with Crippen LogP contribution in [0.4, 0.5) is 0 Å². The number of aromatic nitrogens is 3. The summed E-state index contributed by atoms with van der Waals surface area (Å²) in [5, 5.41) is 6.22. The molecule has 3 aliphatic rings. The largest absolute Gasteiger partial charge is 0.384 e. The Bertz CT molecular complexity index is 662. The van der Waals surface area contributed by atoms with E-state index in [9.17, 15) is 0 Å². The van der Waals surface area contributed by atoms with Crippen LogP contribution in [0.3, 0.4) is 0 Å². The molecule has 2 aromatic heterocycles. The van der Waals surface area contributed by atoms with Crippen LogP contribution in [0.25, 0.3) is 0 Å². The lowest BCUT2D eigenvalue weighted by Crippen LogP contribution is -2.43. The smallest absolute Gasteiger partial charge is 0.240 e. The van der Waals surface area contributed by atoms with E-state index in [1.807, 2.05) is 5.51 Å². The Hall–Kier alpha value is -1.35. The maximum atomic E-state index is 5.44. The fourth-order valence-corrected chi connectivity index (χ4v) is 4.52. The van der Waals surface area contributed by atoms with Crippen molar-refractivity contribution in [1.82, 2.24) is 24.9 Å². The summed E-state index contributed by atoms with van der Waals surface area (Å²) in [5.74, 6) is 2.18.